The van der Waals surface area contributed by atoms with Gasteiger partial charge in [0.25, 0.3) is 0 Å². The number of allylic oxidation sites excluding steroid dienone is 3. The van der Waals surface area contributed by atoms with Crippen molar-refractivity contribution in [2.24, 2.45) is 0 Å². The van der Waals surface area contributed by atoms with Crippen LogP contribution in [0.15, 0.2) is 18.2 Å². The molecule has 0 aromatic carbocycles. The second-order valence-electron chi connectivity index (χ2n) is 0.718. The molecule has 8 heavy (non-hydrogen) atoms. The minimum Gasteiger partial charge on any atom is -1.00 e. The zero-order chi connectivity index (χ0) is 4.12. The van der Waals surface area contributed by atoms with Gasteiger partial charge in [0.1, 0.15) is 0 Å². The van der Waals surface area contributed by atoms with Crippen molar-refractivity contribution in [3.63, 3.8) is 0 Å². The SMILES string of the molecule is [CH-]=CC=CC.[Cl-].[Cl-].[Hf]. The summed E-state index contributed by atoms with van der Waals surface area (Å²) in [5, 5.41) is 0. The van der Waals surface area contributed by atoms with Gasteiger partial charge in [0.05, 0.1) is 0 Å². The Hall–Kier alpha value is 0.930. The van der Waals surface area contributed by atoms with Crippen molar-refractivity contribution in [1.29, 1.82) is 0 Å². The van der Waals surface area contributed by atoms with Crippen LogP contribution < -0.4 is 24.8 Å². The van der Waals surface area contributed by atoms with Gasteiger partial charge in [0.2, 0.25) is 0 Å². The molecule has 0 saturated carbocycles. The van der Waals surface area contributed by atoms with E-state index in [1.54, 1.807) is 6.08 Å². The fourth-order valence-electron chi connectivity index (χ4n) is 0.111. The van der Waals surface area contributed by atoms with E-state index in [0.29, 0.717) is 0 Å². The third-order valence-electron chi connectivity index (χ3n) is 0.304. The summed E-state index contributed by atoms with van der Waals surface area (Å²) in [6, 6.07) is 0. The van der Waals surface area contributed by atoms with Gasteiger partial charge < -0.3 is 24.8 Å². The summed E-state index contributed by atoms with van der Waals surface area (Å²) in [4.78, 5) is 0. The summed E-state index contributed by atoms with van der Waals surface area (Å²) in [6.07, 6.45) is 5.15. The smallest absolute Gasteiger partial charge is 0 e. The monoisotopic (exact) mass is 317 g/mol. The van der Waals surface area contributed by atoms with Gasteiger partial charge in [-0.3, -0.25) is 6.58 Å². The maximum atomic E-state index is 4.93. The number of halogens is 2. The van der Waals surface area contributed by atoms with Crippen molar-refractivity contribution in [2.45, 2.75) is 6.92 Å². The third kappa shape index (κ3) is 28.4. The van der Waals surface area contributed by atoms with Crippen molar-refractivity contribution in [2.75, 3.05) is 0 Å². The molecule has 0 amide bonds. The molecule has 3 heteroatoms. The fraction of sp³-hybridized carbons (Fsp3) is 0.200. The topological polar surface area (TPSA) is 0 Å². The van der Waals surface area contributed by atoms with E-state index in [4.69, 9.17) is 6.58 Å². The molecule has 0 aliphatic rings. The Balaban J connectivity index is -0.0000000267. The molecule has 48 valence electrons. The Bertz CT molecular complexity index is 52.4. The van der Waals surface area contributed by atoms with Gasteiger partial charge in [-0.1, -0.05) is 6.92 Å². The molecular weight excluding hydrogens is 309 g/mol. The van der Waals surface area contributed by atoms with E-state index < -0.39 is 0 Å². The van der Waals surface area contributed by atoms with Crippen molar-refractivity contribution < 1.29 is 50.7 Å². The first kappa shape index (κ1) is 23.1. The Morgan fingerprint density at radius 2 is 1.62 bits per heavy atom. The van der Waals surface area contributed by atoms with Crippen LogP contribution in [-0.4, -0.2) is 0 Å². The molecule has 0 aliphatic heterocycles. The van der Waals surface area contributed by atoms with E-state index in [2.05, 4.69) is 0 Å². The second kappa shape index (κ2) is 24.7. The van der Waals surface area contributed by atoms with Crippen LogP contribution in [0.1, 0.15) is 6.92 Å². The van der Waals surface area contributed by atoms with Gasteiger partial charge in [-0.15, -0.1) is 0 Å². The van der Waals surface area contributed by atoms with Crippen LogP contribution >= 0.6 is 0 Å². The third-order valence-corrected chi connectivity index (χ3v) is 0.304. The van der Waals surface area contributed by atoms with Gasteiger partial charge in [-0.05, 0) is 0 Å². The molecule has 0 aromatic heterocycles. The van der Waals surface area contributed by atoms with Crippen molar-refractivity contribution in [1.82, 2.24) is 0 Å². The minimum atomic E-state index is 0. The van der Waals surface area contributed by atoms with Crippen LogP contribution in [0.3, 0.4) is 0 Å². The molecule has 0 atom stereocenters. The van der Waals surface area contributed by atoms with Crippen LogP contribution in [0.2, 0.25) is 0 Å². The summed E-state index contributed by atoms with van der Waals surface area (Å²) < 4.78 is 0. The molecule has 0 rings (SSSR count). The van der Waals surface area contributed by atoms with Gasteiger partial charge >= 0.3 is 0 Å². The fourth-order valence-corrected chi connectivity index (χ4v) is 0.111. The molecule has 0 fully saturated rings. The van der Waals surface area contributed by atoms with Crippen molar-refractivity contribution in [3.8, 4) is 0 Å². The molecule has 0 aromatic rings. The number of hydrogen-bond acceptors (Lipinski definition) is 0. The minimum absolute atomic E-state index is 0. The van der Waals surface area contributed by atoms with Crippen LogP contribution in [0.4, 0.5) is 0 Å². The normalized spacial score (nSPS) is 5.62. The Morgan fingerprint density at radius 3 is 1.62 bits per heavy atom. The maximum absolute atomic E-state index is 4.93. The average Bonchev–Trinajstić information content (AvgIpc) is 1.41. The first-order valence-electron chi connectivity index (χ1n) is 1.58. The molecule has 0 unspecified atom stereocenters. The molecule has 0 aliphatic carbocycles. The van der Waals surface area contributed by atoms with Crippen molar-refractivity contribution >= 4 is 0 Å². The maximum Gasteiger partial charge on any atom is 0 e. The predicted octanol–water partition coefficient (Wildman–Crippen LogP) is -4.44. The molecule has 0 N–H and O–H groups in total. The van der Waals surface area contributed by atoms with Crippen molar-refractivity contribution in [3.05, 3.63) is 24.8 Å². The van der Waals surface area contributed by atoms with Crippen LogP contribution in [0.5, 0.6) is 0 Å². The largest absolute Gasteiger partial charge is 1.00 e. The summed E-state index contributed by atoms with van der Waals surface area (Å²) in [6.45, 7) is 6.85. The van der Waals surface area contributed by atoms with E-state index in [1.807, 2.05) is 13.0 Å². The van der Waals surface area contributed by atoms with Gasteiger partial charge in [-0.25, -0.2) is 12.2 Å². The predicted molar refractivity (Wildman–Crippen MR) is 23.7 cm³/mol. The Morgan fingerprint density at radius 1 is 1.25 bits per heavy atom. The van der Waals surface area contributed by atoms with Gasteiger partial charge in [-0.2, -0.15) is 6.08 Å². The molecule has 0 bridgehead atoms. The number of rotatable bonds is 1. The second-order valence-corrected chi connectivity index (χ2v) is 0.718. The van der Waals surface area contributed by atoms with E-state index in [-0.39, 0.29) is 50.7 Å². The molecule has 0 heterocycles. The van der Waals surface area contributed by atoms with Gasteiger partial charge in [0.15, 0.2) is 0 Å². The van der Waals surface area contributed by atoms with Gasteiger partial charge in [0, 0.05) is 25.8 Å². The van der Waals surface area contributed by atoms with Crippen LogP contribution in [0.25, 0.3) is 0 Å². The first-order chi connectivity index (χ1) is 2.41. The Labute approximate surface area is 82.0 Å². The zero-order valence-electron chi connectivity index (χ0n) is 4.57. The summed E-state index contributed by atoms with van der Waals surface area (Å²) in [7, 11) is 0. The van der Waals surface area contributed by atoms with Crippen LogP contribution in [-0.2, 0) is 25.8 Å². The number of hydrogen-bond donors (Lipinski definition) is 0. The molecule has 0 spiro atoms. The van der Waals surface area contributed by atoms with Crippen LogP contribution in [0, 0.1) is 6.58 Å². The molecule has 0 radical (unpaired) electrons. The quantitative estimate of drug-likeness (QED) is 0.260. The summed E-state index contributed by atoms with van der Waals surface area (Å²) in [5.41, 5.74) is 0. The summed E-state index contributed by atoms with van der Waals surface area (Å²) in [5.74, 6) is 0. The Kier molecular flexibility index (Phi) is 71.2. The van der Waals surface area contributed by atoms with E-state index in [1.165, 1.54) is 6.08 Å². The standard InChI is InChI=1S/C5H7.2ClH.Hf/c1-3-5-4-2;;;/h1,3-5H,2H3;2*1H;/q-1;;;/p-2. The first-order valence-corrected chi connectivity index (χ1v) is 1.58. The van der Waals surface area contributed by atoms with E-state index in [9.17, 15) is 0 Å². The molecule has 0 saturated heterocycles. The summed E-state index contributed by atoms with van der Waals surface area (Å²) >= 11 is 0. The van der Waals surface area contributed by atoms with E-state index in [0.717, 1.165) is 0 Å². The average molecular weight is 317 g/mol. The van der Waals surface area contributed by atoms with E-state index >= 15 is 0 Å². The molecule has 0 nitrogen and oxygen atoms in total. The molecular formula is C5H7Cl2Hf-3. The zero-order valence-corrected chi connectivity index (χ0v) is 9.67.